The molecule has 0 aromatic rings. The molecule has 0 radical (unpaired) electrons. The number of fused-ring (bicyclic) bond motifs is 1. The molecule has 19 heavy (non-hydrogen) atoms. The number of carbonyl (C=O) groups excluding carboxylic acids is 1. The van der Waals surface area contributed by atoms with E-state index in [1.807, 2.05) is 0 Å². The fourth-order valence-corrected chi connectivity index (χ4v) is 3.26. The molecule has 0 saturated carbocycles. The fraction of sp³-hybridized carbons (Fsp3) is 0.923. The van der Waals surface area contributed by atoms with Crippen molar-refractivity contribution in [3.05, 3.63) is 0 Å². The molecule has 3 rings (SSSR count). The number of nitrogens with one attached hydrogen (secondary N) is 2. The highest BCUT2D eigenvalue weighted by atomic mass is 35.5. The van der Waals surface area contributed by atoms with E-state index in [4.69, 9.17) is 4.74 Å². The minimum absolute atomic E-state index is 0. The van der Waals surface area contributed by atoms with Crippen molar-refractivity contribution in [3.8, 4) is 0 Å². The topological polar surface area (TPSA) is 53.6 Å². The van der Waals surface area contributed by atoms with Crippen LogP contribution in [0.5, 0.6) is 0 Å². The number of ether oxygens (including phenoxy) is 1. The molecule has 0 spiro atoms. The molecular formula is C13H24ClN3O2. The third-order valence-electron chi connectivity index (χ3n) is 4.31. The molecule has 0 aliphatic carbocycles. The second-order valence-corrected chi connectivity index (χ2v) is 5.59. The molecule has 3 aliphatic rings. The maximum atomic E-state index is 12.0. The lowest BCUT2D eigenvalue weighted by atomic mass is 10.1. The van der Waals surface area contributed by atoms with Crippen LogP contribution in [0.25, 0.3) is 0 Å². The van der Waals surface area contributed by atoms with Crippen molar-refractivity contribution in [3.63, 3.8) is 0 Å². The van der Waals surface area contributed by atoms with Gasteiger partial charge in [-0.15, -0.1) is 12.4 Å². The molecule has 0 bridgehead atoms. The smallest absolute Gasteiger partial charge is 0.249 e. The SMILES string of the molecule is Cl.O=C(NCCN1CCCC1)[C@H]1C[C@H]2NCC[C@H]2O1. The van der Waals surface area contributed by atoms with Crippen LogP contribution in [0.2, 0.25) is 0 Å². The summed E-state index contributed by atoms with van der Waals surface area (Å²) in [7, 11) is 0. The summed E-state index contributed by atoms with van der Waals surface area (Å²) in [5.41, 5.74) is 0. The summed E-state index contributed by atoms with van der Waals surface area (Å²) < 4.78 is 5.78. The Balaban J connectivity index is 0.00000133. The fourth-order valence-electron chi connectivity index (χ4n) is 3.26. The van der Waals surface area contributed by atoms with Gasteiger partial charge < -0.3 is 20.3 Å². The normalized spacial score (nSPS) is 34.0. The van der Waals surface area contributed by atoms with E-state index < -0.39 is 0 Å². The molecule has 2 N–H and O–H groups in total. The van der Waals surface area contributed by atoms with E-state index in [1.54, 1.807) is 0 Å². The summed E-state index contributed by atoms with van der Waals surface area (Å²) in [6, 6.07) is 0.402. The van der Waals surface area contributed by atoms with Gasteiger partial charge in [0.15, 0.2) is 0 Å². The summed E-state index contributed by atoms with van der Waals surface area (Å²) >= 11 is 0. The van der Waals surface area contributed by atoms with E-state index in [0.717, 1.165) is 32.5 Å². The number of likely N-dealkylation sites (tertiary alicyclic amines) is 1. The monoisotopic (exact) mass is 289 g/mol. The summed E-state index contributed by atoms with van der Waals surface area (Å²) in [5, 5.41) is 6.40. The molecule has 3 saturated heterocycles. The Bertz CT molecular complexity index is 298. The first-order valence-corrected chi connectivity index (χ1v) is 7.22. The lowest BCUT2D eigenvalue weighted by molar-refractivity contribution is -0.132. The van der Waals surface area contributed by atoms with E-state index in [9.17, 15) is 4.79 Å². The molecule has 3 fully saturated rings. The van der Waals surface area contributed by atoms with Crippen molar-refractivity contribution in [2.75, 3.05) is 32.7 Å². The van der Waals surface area contributed by atoms with Crippen molar-refractivity contribution >= 4 is 18.3 Å². The van der Waals surface area contributed by atoms with Crippen LogP contribution >= 0.6 is 12.4 Å². The largest absolute Gasteiger partial charge is 0.363 e. The van der Waals surface area contributed by atoms with Crippen LogP contribution in [0.1, 0.15) is 25.7 Å². The van der Waals surface area contributed by atoms with E-state index in [0.29, 0.717) is 6.04 Å². The average Bonchev–Trinajstić information content (AvgIpc) is 3.04. The minimum Gasteiger partial charge on any atom is -0.363 e. The molecule has 1 amide bonds. The zero-order chi connectivity index (χ0) is 12.4. The maximum absolute atomic E-state index is 12.0. The van der Waals surface area contributed by atoms with Gasteiger partial charge in [-0.05, 0) is 38.9 Å². The number of halogens is 1. The molecule has 110 valence electrons. The third kappa shape index (κ3) is 3.60. The second kappa shape index (κ2) is 6.88. The molecule has 6 heteroatoms. The van der Waals surface area contributed by atoms with Gasteiger partial charge in [0.25, 0.3) is 0 Å². The highest BCUT2D eigenvalue weighted by molar-refractivity contribution is 5.85. The van der Waals surface area contributed by atoms with Crippen molar-refractivity contribution in [2.45, 2.75) is 43.9 Å². The number of rotatable bonds is 4. The molecular weight excluding hydrogens is 266 g/mol. The number of carbonyl (C=O) groups is 1. The van der Waals surface area contributed by atoms with Crippen molar-refractivity contribution in [2.24, 2.45) is 0 Å². The van der Waals surface area contributed by atoms with Crippen molar-refractivity contribution < 1.29 is 9.53 Å². The van der Waals surface area contributed by atoms with Crippen LogP contribution in [-0.2, 0) is 9.53 Å². The van der Waals surface area contributed by atoms with Gasteiger partial charge in [-0.25, -0.2) is 0 Å². The predicted octanol–water partition coefficient (Wildman–Crippen LogP) is 0.140. The minimum atomic E-state index is -0.230. The van der Waals surface area contributed by atoms with E-state index in [2.05, 4.69) is 15.5 Å². The standard InChI is InChI=1S/C13H23N3O2.ClH/c17-13(15-5-8-16-6-1-2-7-16)12-9-10-11(18-12)3-4-14-10;/h10-12,14H,1-9H2,(H,15,17);1H/t10-,11-,12-;/m1./s1. The second-order valence-electron chi connectivity index (χ2n) is 5.59. The predicted molar refractivity (Wildman–Crippen MR) is 75.6 cm³/mol. The van der Waals surface area contributed by atoms with Gasteiger partial charge in [-0.3, -0.25) is 4.79 Å². The van der Waals surface area contributed by atoms with Gasteiger partial charge in [-0.1, -0.05) is 0 Å². The first-order valence-electron chi connectivity index (χ1n) is 7.22. The zero-order valence-electron chi connectivity index (χ0n) is 11.3. The lowest BCUT2D eigenvalue weighted by Gasteiger charge is -2.16. The van der Waals surface area contributed by atoms with Gasteiger partial charge in [0.2, 0.25) is 5.91 Å². The molecule has 3 heterocycles. The van der Waals surface area contributed by atoms with Crippen LogP contribution in [0.15, 0.2) is 0 Å². The Morgan fingerprint density at radius 1 is 1.37 bits per heavy atom. The molecule has 3 atom stereocenters. The Kier molecular flexibility index (Phi) is 5.45. The molecule has 0 aromatic heterocycles. The number of amides is 1. The van der Waals surface area contributed by atoms with Gasteiger partial charge in [0, 0.05) is 25.6 Å². The average molecular weight is 290 g/mol. The molecule has 3 aliphatic heterocycles. The summed E-state index contributed by atoms with van der Waals surface area (Å²) in [6.07, 6.45) is 4.51. The summed E-state index contributed by atoms with van der Waals surface area (Å²) in [5.74, 6) is 0.0744. The Hall–Kier alpha value is -0.360. The van der Waals surface area contributed by atoms with Crippen LogP contribution in [-0.4, -0.2) is 61.8 Å². The van der Waals surface area contributed by atoms with Gasteiger partial charge in [0.05, 0.1) is 6.10 Å². The van der Waals surface area contributed by atoms with Crippen molar-refractivity contribution in [1.82, 2.24) is 15.5 Å². The quantitative estimate of drug-likeness (QED) is 0.773. The van der Waals surface area contributed by atoms with Crippen molar-refractivity contribution in [1.29, 1.82) is 0 Å². The molecule has 0 unspecified atom stereocenters. The van der Waals surface area contributed by atoms with Gasteiger partial charge in [0.1, 0.15) is 6.10 Å². The van der Waals surface area contributed by atoms with Gasteiger partial charge >= 0.3 is 0 Å². The molecule has 0 aromatic carbocycles. The number of hydrogen-bond donors (Lipinski definition) is 2. The van der Waals surface area contributed by atoms with Crippen LogP contribution in [0.4, 0.5) is 0 Å². The van der Waals surface area contributed by atoms with Crippen LogP contribution in [0, 0.1) is 0 Å². The molecule has 5 nitrogen and oxygen atoms in total. The Morgan fingerprint density at radius 2 is 2.16 bits per heavy atom. The summed E-state index contributed by atoms with van der Waals surface area (Å²) in [6.45, 7) is 5.12. The number of hydrogen-bond acceptors (Lipinski definition) is 4. The first kappa shape index (κ1) is 15.0. The summed E-state index contributed by atoms with van der Waals surface area (Å²) in [4.78, 5) is 14.4. The number of nitrogens with zero attached hydrogens (tertiary/aromatic N) is 1. The van der Waals surface area contributed by atoms with E-state index in [1.165, 1.54) is 25.9 Å². The third-order valence-corrected chi connectivity index (χ3v) is 4.31. The maximum Gasteiger partial charge on any atom is 0.249 e. The van der Waals surface area contributed by atoms with Crippen LogP contribution in [0.3, 0.4) is 0 Å². The Labute approximate surface area is 120 Å². The highest BCUT2D eigenvalue weighted by Crippen LogP contribution is 2.26. The van der Waals surface area contributed by atoms with Gasteiger partial charge in [-0.2, -0.15) is 0 Å². The van der Waals surface area contributed by atoms with E-state index >= 15 is 0 Å². The zero-order valence-corrected chi connectivity index (χ0v) is 12.1. The first-order chi connectivity index (χ1) is 8.83. The van der Waals surface area contributed by atoms with Crippen LogP contribution < -0.4 is 10.6 Å². The lowest BCUT2D eigenvalue weighted by Crippen LogP contribution is -2.39. The van der Waals surface area contributed by atoms with E-state index in [-0.39, 0.29) is 30.5 Å². The highest BCUT2D eigenvalue weighted by Gasteiger charge is 2.41. The Morgan fingerprint density at radius 3 is 2.89 bits per heavy atom.